The van der Waals surface area contributed by atoms with Crippen molar-refractivity contribution >= 4 is 23.3 Å². The van der Waals surface area contributed by atoms with Crippen molar-refractivity contribution in [3.8, 4) is 5.75 Å². The molecule has 3 amide bonds. The van der Waals surface area contributed by atoms with Crippen LogP contribution in [0.1, 0.15) is 29.9 Å². The second-order valence-electron chi connectivity index (χ2n) is 9.51. The number of aliphatic hydroxyl groups excluding tert-OH is 1. The van der Waals surface area contributed by atoms with Crippen LogP contribution < -0.4 is 20.7 Å². The number of carbonyl (C=O) groups excluding carboxylic acids is 2. The Morgan fingerprint density at radius 1 is 1.00 bits per heavy atom. The SMILES string of the molecule is O=C(C[C@H]1C[C@@H]2c3cc(NC(=O)Nc4ccccc4F)ccc3O[C@@H]2[C@@H](CO)O1)NCCc1ccccc1. The van der Waals surface area contributed by atoms with E-state index in [1.807, 2.05) is 36.4 Å². The van der Waals surface area contributed by atoms with Gasteiger partial charge < -0.3 is 30.5 Å². The summed E-state index contributed by atoms with van der Waals surface area (Å²) < 4.78 is 26.0. The van der Waals surface area contributed by atoms with E-state index in [1.165, 1.54) is 12.1 Å². The second kappa shape index (κ2) is 11.6. The Morgan fingerprint density at radius 2 is 1.79 bits per heavy atom. The summed E-state index contributed by atoms with van der Waals surface area (Å²) in [4.78, 5) is 25.1. The standard InChI is InChI=1S/C29H30FN3O5/c30-23-8-4-5-9-24(23)33-29(36)32-19-10-11-25-21(14-19)22-15-20(37-26(17-34)28(22)38-25)16-27(35)31-13-12-18-6-2-1-3-7-18/h1-11,14,20,22,26,28,34H,12-13,15-17H2,(H,31,35)(H2,32,33,36)/t20-,22-,26-,28+/m1/s1. The maximum Gasteiger partial charge on any atom is 0.323 e. The van der Waals surface area contributed by atoms with Crippen molar-refractivity contribution < 1.29 is 28.6 Å². The third-order valence-corrected chi connectivity index (χ3v) is 6.87. The lowest BCUT2D eigenvalue weighted by atomic mass is 9.84. The lowest BCUT2D eigenvalue weighted by Crippen LogP contribution is -2.47. The Hall–Kier alpha value is -3.95. The Balaban J connectivity index is 1.21. The summed E-state index contributed by atoms with van der Waals surface area (Å²) in [6.45, 7) is 0.290. The summed E-state index contributed by atoms with van der Waals surface area (Å²) in [5.74, 6) is -0.106. The van der Waals surface area contributed by atoms with Gasteiger partial charge >= 0.3 is 6.03 Å². The van der Waals surface area contributed by atoms with Gasteiger partial charge in [0.25, 0.3) is 0 Å². The van der Waals surface area contributed by atoms with E-state index in [4.69, 9.17) is 9.47 Å². The molecule has 4 N–H and O–H groups in total. The number of aliphatic hydroxyl groups is 1. The number of urea groups is 1. The summed E-state index contributed by atoms with van der Waals surface area (Å²) >= 11 is 0. The normalized spacial score (nSPS) is 21.5. The van der Waals surface area contributed by atoms with Crippen molar-refractivity contribution in [2.24, 2.45) is 0 Å². The first kappa shape index (κ1) is 25.7. The molecule has 9 heteroatoms. The fourth-order valence-electron chi connectivity index (χ4n) is 5.08. The average molecular weight is 520 g/mol. The number of halogens is 1. The molecule has 2 aliphatic rings. The molecule has 2 aliphatic heterocycles. The van der Waals surface area contributed by atoms with Gasteiger partial charge in [0.1, 0.15) is 23.8 Å². The third-order valence-electron chi connectivity index (χ3n) is 6.87. The third kappa shape index (κ3) is 5.95. The minimum atomic E-state index is -0.580. The molecule has 2 heterocycles. The molecule has 0 spiro atoms. The maximum atomic E-state index is 13.9. The van der Waals surface area contributed by atoms with Gasteiger partial charge in [-0.05, 0) is 48.7 Å². The van der Waals surface area contributed by atoms with Crippen LogP contribution in [0.3, 0.4) is 0 Å². The predicted molar refractivity (Wildman–Crippen MR) is 141 cm³/mol. The molecule has 1 fully saturated rings. The highest BCUT2D eigenvalue weighted by molar-refractivity contribution is 6.00. The number of hydrogen-bond acceptors (Lipinski definition) is 5. The maximum absolute atomic E-state index is 13.9. The van der Waals surface area contributed by atoms with Crippen LogP contribution >= 0.6 is 0 Å². The molecule has 38 heavy (non-hydrogen) atoms. The van der Waals surface area contributed by atoms with E-state index < -0.39 is 24.1 Å². The van der Waals surface area contributed by atoms with Gasteiger partial charge in [0.2, 0.25) is 5.91 Å². The molecule has 0 aliphatic carbocycles. The van der Waals surface area contributed by atoms with Gasteiger partial charge in [0, 0.05) is 23.7 Å². The molecule has 198 valence electrons. The summed E-state index contributed by atoms with van der Waals surface area (Å²) in [5, 5.41) is 18.2. The van der Waals surface area contributed by atoms with Gasteiger partial charge in [-0.15, -0.1) is 0 Å². The lowest BCUT2D eigenvalue weighted by Gasteiger charge is -2.37. The zero-order valence-electron chi connectivity index (χ0n) is 20.7. The van der Waals surface area contributed by atoms with Crippen molar-refractivity contribution in [1.82, 2.24) is 5.32 Å². The van der Waals surface area contributed by atoms with Crippen molar-refractivity contribution in [2.45, 2.75) is 43.5 Å². The van der Waals surface area contributed by atoms with Crippen LogP contribution in [-0.4, -0.2) is 48.5 Å². The van der Waals surface area contributed by atoms with Crippen LogP contribution in [0.15, 0.2) is 72.8 Å². The minimum Gasteiger partial charge on any atom is -0.487 e. The van der Waals surface area contributed by atoms with Gasteiger partial charge in [-0.25, -0.2) is 9.18 Å². The molecule has 0 saturated carbocycles. The summed E-state index contributed by atoms with van der Waals surface area (Å²) in [5.41, 5.74) is 2.62. The largest absolute Gasteiger partial charge is 0.487 e. The lowest BCUT2D eigenvalue weighted by molar-refractivity contribution is -0.142. The molecular weight excluding hydrogens is 489 g/mol. The van der Waals surface area contributed by atoms with Crippen molar-refractivity contribution in [2.75, 3.05) is 23.8 Å². The van der Waals surface area contributed by atoms with Crippen LogP contribution in [0.5, 0.6) is 5.75 Å². The number of amides is 3. The zero-order chi connectivity index (χ0) is 26.5. The van der Waals surface area contributed by atoms with E-state index in [2.05, 4.69) is 16.0 Å². The van der Waals surface area contributed by atoms with Crippen LogP contribution in [0.25, 0.3) is 0 Å². The molecule has 0 unspecified atom stereocenters. The molecular formula is C29H30FN3O5. The van der Waals surface area contributed by atoms with Crippen LogP contribution in [0, 0.1) is 5.82 Å². The highest BCUT2D eigenvalue weighted by Crippen LogP contribution is 2.47. The summed E-state index contributed by atoms with van der Waals surface area (Å²) in [6, 6.07) is 20.6. The quantitative estimate of drug-likeness (QED) is 0.357. The summed E-state index contributed by atoms with van der Waals surface area (Å²) in [6.07, 6.45) is 0.0844. The van der Waals surface area contributed by atoms with E-state index >= 15 is 0 Å². The van der Waals surface area contributed by atoms with Gasteiger partial charge in [0.05, 0.1) is 24.8 Å². The van der Waals surface area contributed by atoms with Crippen molar-refractivity contribution in [1.29, 1.82) is 0 Å². The summed E-state index contributed by atoms with van der Waals surface area (Å²) in [7, 11) is 0. The van der Waals surface area contributed by atoms with Crippen molar-refractivity contribution in [3.63, 3.8) is 0 Å². The molecule has 0 bridgehead atoms. The monoisotopic (exact) mass is 519 g/mol. The van der Waals surface area contributed by atoms with E-state index in [0.29, 0.717) is 24.4 Å². The first-order valence-corrected chi connectivity index (χ1v) is 12.7. The number of nitrogens with one attached hydrogen (secondary N) is 3. The predicted octanol–water partition coefficient (Wildman–Crippen LogP) is 4.21. The average Bonchev–Trinajstić information content (AvgIpc) is 3.28. The zero-order valence-corrected chi connectivity index (χ0v) is 20.7. The van der Waals surface area contributed by atoms with Gasteiger partial charge in [-0.3, -0.25) is 4.79 Å². The van der Waals surface area contributed by atoms with Crippen molar-refractivity contribution in [3.05, 3.63) is 89.7 Å². The molecule has 0 radical (unpaired) electrons. The van der Waals surface area contributed by atoms with E-state index in [9.17, 15) is 19.1 Å². The molecule has 8 nitrogen and oxygen atoms in total. The number of para-hydroxylation sites is 1. The van der Waals surface area contributed by atoms with E-state index in [0.717, 1.165) is 17.5 Å². The molecule has 1 saturated heterocycles. The minimum absolute atomic E-state index is 0.0784. The van der Waals surface area contributed by atoms with Gasteiger partial charge in [0.15, 0.2) is 0 Å². The number of hydrogen-bond donors (Lipinski definition) is 4. The number of fused-ring (bicyclic) bond motifs is 3. The highest BCUT2D eigenvalue weighted by Gasteiger charge is 2.46. The first-order chi connectivity index (χ1) is 18.5. The van der Waals surface area contributed by atoms with E-state index in [1.54, 1.807) is 24.3 Å². The molecule has 3 aromatic rings. The Bertz CT molecular complexity index is 1290. The number of ether oxygens (including phenoxy) is 2. The molecule has 4 atom stereocenters. The fourth-order valence-corrected chi connectivity index (χ4v) is 5.08. The van der Waals surface area contributed by atoms with E-state index in [-0.39, 0.29) is 36.6 Å². The molecule has 0 aromatic heterocycles. The van der Waals surface area contributed by atoms with Crippen LogP contribution in [0.2, 0.25) is 0 Å². The highest BCUT2D eigenvalue weighted by atomic mass is 19.1. The Morgan fingerprint density at radius 3 is 2.58 bits per heavy atom. The van der Waals surface area contributed by atoms with Crippen LogP contribution in [0.4, 0.5) is 20.6 Å². The Labute approximate surface area is 220 Å². The first-order valence-electron chi connectivity index (χ1n) is 12.7. The number of rotatable bonds is 8. The van der Waals surface area contributed by atoms with Gasteiger partial charge in [-0.1, -0.05) is 42.5 Å². The van der Waals surface area contributed by atoms with Crippen LogP contribution in [-0.2, 0) is 16.0 Å². The smallest absolute Gasteiger partial charge is 0.323 e. The number of benzene rings is 3. The topological polar surface area (TPSA) is 109 Å². The Kier molecular flexibility index (Phi) is 7.86. The van der Waals surface area contributed by atoms with Gasteiger partial charge in [-0.2, -0.15) is 0 Å². The fraction of sp³-hybridized carbons (Fsp3) is 0.310. The number of anilines is 2. The molecule has 5 rings (SSSR count). The number of carbonyl (C=O) groups is 2. The second-order valence-corrected chi connectivity index (χ2v) is 9.51. The molecule has 3 aromatic carbocycles.